The Labute approximate surface area is 187 Å². The van der Waals surface area contributed by atoms with Gasteiger partial charge in [-0.15, -0.1) is 0 Å². The zero-order chi connectivity index (χ0) is 22.3. The molecule has 0 bridgehead atoms. The second kappa shape index (κ2) is 8.37. The Hall–Kier alpha value is -2.65. The molecule has 0 atom stereocenters. The Morgan fingerprint density at radius 2 is 1.81 bits per heavy atom. The van der Waals surface area contributed by atoms with E-state index in [0.29, 0.717) is 19.0 Å². The fraction of sp³-hybridized carbons (Fsp3) is 0.478. The van der Waals surface area contributed by atoms with Crippen molar-refractivity contribution in [2.75, 3.05) is 18.4 Å². The van der Waals surface area contributed by atoms with E-state index in [4.69, 9.17) is 4.42 Å². The summed E-state index contributed by atoms with van der Waals surface area (Å²) in [5.41, 5.74) is 1.81. The number of carbonyl (C=O) groups excluding carboxylic acids is 1. The Bertz CT molecular complexity index is 1250. The molecule has 2 aliphatic rings. The van der Waals surface area contributed by atoms with Crippen molar-refractivity contribution in [1.29, 1.82) is 0 Å². The fourth-order valence-electron chi connectivity index (χ4n) is 4.91. The van der Waals surface area contributed by atoms with Crippen LogP contribution in [0.3, 0.4) is 0 Å². The molecule has 0 radical (unpaired) electrons. The quantitative estimate of drug-likeness (QED) is 0.610. The number of sulfonamides is 1. The molecule has 170 valence electrons. The molecule has 5 rings (SSSR count). The lowest BCUT2D eigenvalue weighted by molar-refractivity contribution is 0.0994. The maximum absolute atomic E-state index is 13.1. The summed E-state index contributed by atoms with van der Waals surface area (Å²) in [5, 5.41) is 2.89. The number of para-hydroxylation sites is 2. The van der Waals surface area contributed by atoms with Crippen LogP contribution in [0.5, 0.6) is 0 Å². The molecule has 2 aromatic heterocycles. The number of rotatable bonds is 5. The van der Waals surface area contributed by atoms with E-state index in [-0.39, 0.29) is 22.5 Å². The van der Waals surface area contributed by atoms with Crippen LogP contribution in [-0.2, 0) is 10.0 Å². The largest absolute Gasteiger partial charge is 0.455 e. The zero-order valence-electron chi connectivity index (χ0n) is 18.2. The number of amides is 1. The molecule has 0 spiro atoms. The first-order valence-corrected chi connectivity index (χ1v) is 12.8. The van der Waals surface area contributed by atoms with Gasteiger partial charge in [0.2, 0.25) is 16.0 Å². The zero-order valence-corrected chi connectivity index (χ0v) is 19.0. The number of anilines is 1. The number of nitrogens with zero attached hydrogens (tertiary/aromatic N) is 3. The highest BCUT2D eigenvalue weighted by Crippen LogP contribution is 2.34. The lowest BCUT2D eigenvalue weighted by Crippen LogP contribution is -2.28. The summed E-state index contributed by atoms with van der Waals surface area (Å²) >= 11 is 0. The molecule has 1 saturated carbocycles. The average molecular weight is 457 g/mol. The van der Waals surface area contributed by atoms with E-state index in [1.165, 1.54) is 16.8 Å². The van der Waals surface area contributed by atoms with E-state index >= 15 is 0 Å². The first-order valence-electron chi connectivity index (χ1n) is 11.3. The van der Waals surface area contributed by atoms with E-state index < -0.39 is 15.9 Å². The number of imidazole rings is 1. The van der Waals surface area contributed by atoms with E-state index in [9.17, 15) is 13.2 Å². The lowest BCUT2D eigenvalue weighted by atomic mass is 9.95. The third kappa shape index (κ3) is 3.73. The monoisotopic (exact) mass is 456 g/mol. The van der Waals surface area contributed by atoms with Gasteiger partial charge in [0.25, 0.3) is 5.91 Å². The van der Waals surface area contributed by atoms with E-state index in [1.807, 2.05) is 24.3 Å². The number of fused-ring (bicyclic) bond motifs is 1. The average Bonchev–Trinajstić information content (AvgIpc) is 3.53. The minimum absolute atomic E-state index is 0.0254. The smallest absolute Gasteiger partial charge is 0.293 e. The summed E-state index contributed by atoms with van der Waals surface area (Å²) in [5.74, 6) is 0.176. The van der Waals surface area contributed by atoms with Crippen LogP contribution in [0, 0.1) is 6.92 Å². The van der Waals surface area contributed by atoms with E-state index in [1.54, 1.807) is 6.92 Å². The highest BCUT2D eigenvalue weighted by molar-refractivity contribution is 7.89. The molecule has 1 aliphatic heterocycles. The number of aromatic nitrogens is 2. The predicted octanol–water partition coefficient (Wildman–Crippen LogP) is 4.48. The fourth-order valence-corrected chi connectivity index (χ4v) is 6.58. The van der Waals surface area contributed by atoms with Gasteiger partial charge >= 0.3 is 0 Å². The molecule has 9 heteroatoms. The Morgan fingerprint density at radius 1 is 1.09 bits per heavy atom. The van der Waals surface area contributed by atoms with Crippen molar-refractivity contribution < 1.29 is 17.6 Å². The van der Waals surface area contributed by atoms with E-state index in [2.05, 4.69) is 14.9 Å². The van der Waals surface area contributed by atoms with Crippen molar-refractivity contribution in [3.8, 4) is 0 Å². The molecule has 3 heterocycles. The Balaban J connectivity index is 1.46. The highest BCUT2D eigenvalue weighted by Gasteiger charge is 2.32. The highest BCUT2D eigenvalue weighted by atomic mass is 32.2. The molecule has 1 N–H and O–H groups in total. The molecule has 32 heavy (non-hydrogen) atoms. The van der Waals surface area contributed by atoms with Gasteiger partial charge in [-0.2, -0.15) is 4.31 Å². The van der Waals surface area contributed by atoms with Crippen LogP contribution in [-0.4, -0.2) is 41.3 Å². The standard InChI is InChI=1S/C23H28N4O4S/c1-16-21(32(29,30)26-13-7-8-14-26)15-20(31-16)22(28)25-23-24-18-11-5-6-12-19(18)27(23)17-9-3-2-4-10-17/h5-6,11-12,15,17H,2-4,7-10,13-14H2,1H3,(H,24,25,28). The minimum atomic E-state index is -3.66. The summed E-state index contributed by atoms with van der Waals surface area (Å²) in [6.07, 6.45) is 7.31. The maximum Gasteiger partial charge on any atom is 0.293 e. The van der Waals surface area contributed by atoms with Crippen LogP contribution in [0.1, 0.15) is 67.3 Å². The molecule has 1 aliphatic carbocycles. The molecule has 0 unspecified atom stereocenters. The van der Waals surface area contributed by atoms with Crippen LogP contribution in [0.2, 0.25) is 0 Å². The van der Waals surface area contributed by atoms with Crippen LogP contribution in [0.15, 0.2) is 39.6 Å². The van der Waals surface area contributed by atoms with Crippen molar-refractivity contribution >= 4 is 32.9 Å². The molecule has 3 aromatic rings. The third-order valence-electron chi connectivity index (χ3n) is 6.54. The SMILES string of the molecule is Cc1oc(C(=O)Nc2nc3ccccc3n2C2CCCCC2)cc1S(=O)(=O)N1CCCC1. The Morgan fingerprint density at radius 3 is 2.56 bits per heavy atom. The topological polar surface area (TPSA) is 97.4 Å². The number of aryl methyl sites for hydroxylation is 1. The first kappa shape index (κ1) is 21.2. The second-order valence-electron chi connectivity index (χ2n) is 8.68. The van der Waals surface area contributed by atoms with Crippen molar-refractivity contribution in [2.24, 2.45) is 0 Å². The molecule has 1 saturated heterocycles. The van der Waals surface area contributed by atoms with Gasteiger partial charge in [-0.3, -0.25) is 10.1 Å². The summed E-state index contributed by atoms with van der Waals surface area (Å²) in [6.45, 7) is 2.58. The van der Waals surface area contributed by atoms with Crippen LogP contribution in [0.4, 0.5) is 5.95 Å². The van der Waals surface area contributed by atoms with Crippen LogP contribution < -0.4 is 5.32 Å². The molecule has 2 fully saturated rings. The van der Waals surface area contributed by atoms with Gasteiger partial charge < -0.3 is 8.98 Å². The van der Waals surface area contributed by atoms with Crippen molar-refractivity contribution in [3.05, 3.63) is 41.9 Å². The predicted molar refractivity (Wildman–Crippen MR) is 121 cm³/mol. The lowest BCUT2D eigenvalue weighted by Gasteiger charge is -2.25. The Kier molecular flexibility index (Phi) is 5.54. The second-order valence-corrected chi connectivity index (χ2v) is 10.6. The molecule has 1 amide bonds. The summed E-state index contributed by atoms with van der Waals surface area (Å²) < 4.78 is 35.1. The normalized spacial score (nSPS) is 18.4. The van der Waals surface area contributed by atoms with Gasteiger partial charge in [0.15, 0.2) is 5.76 Å². The van der Waals surface area contributed by atoms with Crippen molar-refractivity contribution in [2.45, 2.75) is 62.8 Å². The van der Waals surface area contributed by atoms with Gasteiger partial charge in [0, 0.05) is 25.2 Å². The van der Waals surface area contributed by atoms with Gasteiger partial charge in [-0.25, -0.2) is 13.4 Å². The maximum atomic E-state index is 13.1. The van der Waals surface area contributed by atoms with Crippen molar-refractivity contribution in [1.82, 2.24) is 13.9 Å². The minimum Gasteiger partial charge on any atom is -0.455 e. The van der Waals surface area contributed by atoms with Crippen LogP contribution >= 0.6 is 0 Å². The van der Waals surface area contributed by atoms with Gasteiger partial charge in [0.05, 0.1) is 11.0 Å². The number of carbonyl (C=O) groups is 1. The number of nitrogens with one attached hydrogen (secondary N) is 1. The molecular formula is C23H28N4O4S. The van der Waals surface area contributed by atoms with Gasteiger partial charge in [-0.05, 0) is 44.7 Å². The number of hydrogen-bond acceptors (Lipinski definition) is 5. The number of hydrogen-bond donors (Lipinski definition) is 1. The van der Waals surface area contributed by atoms with Gasteiger partial charge in [0.1, 0.15) is 10.7 Å². The summed E-state index contributed by atoms with van der Waals surface area (Å²) in [7, 11) is -3.66. The number of benzene rings is 1. The van der Waals surface area contributed by atoms with Crippen molar-refractivity contribution in [3.63, 3.8) is 0 Å². The van der Waals surface area contributed by atoms with E-state index in [0.717, 1.165) is 49.6 Å². The first-order chi connectivity index (χ1) is 15.4. The summed E-state index contributed by atoms with van der Waals surface area (Å²) in [6, 6.07) is 9.46. The van der Waals surface area contributed by atoms with Crippen LogP contribution in [0.25, 0.3) is 11.0 Å². The summed E-state index contributed by atoms with van der Waals surface area (Å²) in [4.78, 5) is 17.8. The molecular weight excluding hydrogens is 428 g/mol. The van der Waals surface area contributed by atoms with Gasteiger partial charge in [-0.1, -0.05) is 31.4 Å². The third-order valence-corrected chi connectivity index (χ3v) is 8.55. The molecule has 8 nitrogen and oxygen atoms in total. The molecule has 1 aromatic carbocycles. The number of furan rings is 1.